The minimum absolute atomic E-state index is 0.256. The van der Waals surface area contributed by atoms with E-state index in [1.54, 1.807) is 11.3 Å². The van der Waals surface area contributed by atoms with Crippen molar-refractivity contribution in [2.45, 2.75) is 39.8 Å². The third-order valence-electron chi connectivity index (χ3n) is 3.05. The first-order valence-electron chi connectivity index (χ1n) is 5.23. The van der Waals surface area contributed by atoms with Crippen LogP contribution in [0.3, 0.4) is 0 Å². The van der Waals surface area contributed by atoms with Crippen molar-refractivity contribution < 1.29 is 9.53 Å². The van der Waals surface area contributed by atoms with Crippen LogP contribution in [0, 0.1) is 5.41 Å². The zero-order chi connectivity index (χ0) is 12.4. The molecule has 0 fully saturated rings. The van der Waals surface area contributed by atoms with Crippen LogP contribution in [-0.4, -0.2) is 11.5 Å². The van der Waals surface area contributed by atoms with Crippen LogP contribution < -0.4 is 5.73 Å². The number of carbonyl (C=O) groups excluding carboxylic acids is 1. The van der Waals surface area contributed by atoms with Gasteiger partial charge >= 0.3 is 5.97 Å². The maximum atomic E-state index is 11.9. The van der Waals surface area contributed by atoms with Crippen LogP contribution in [0.4, 0.5) is 0 Å². The highest BCUT2D eigenvalue weighted by molar-refractivity contribution is 7.09. The van der Waals surface area contributed by atoms with Gasteiger partial charge in [-0.3, -0.25) is 4.79 Å². The van der Waals surface area contributed by atoms with Gasteiger partial charge in [0.25, 0.3) is 0 Å². The quantitative estimate of drug-likeness (QED) is 0.824. The molecule has 0 radical (unpaired) electrons. The zero-order valence-electron chi connectivity index (χ0n) is 10.2. The van der Waals surface area contributed by atoms with Crippen LogP contribution in [0.15, 0.2) is 17.5 Å². The highest BCUT2D eigenvalue weighted by Crippen LogP contribution is 2.30. The van der Waals surface area contributed by atoms with Gasteiger partial charge in [-0.1, -0.05) is 6.07 Å². The maximum Gasteiger partial charge on any atom is 0.313 e. The highest BCUT2D eigenvalue weighted by Gasteiger charge is 2.41. The molecule has 2 N–H and O–H groups in total. The number of hydrogen-bond donors (Lipinski definition) is 1. The van der Waals surface area contributed by atoms with Gasteiger partial charge in [-0.15, -0.1) is 11.3 Å². The Bertz CT molecular complexity index is 350. The SMILES string of the molecule is CC(C)(N)C(C)(C)C(=O)OCc1cccs1. The number of hydrogen-bond acceptors (Lipinski definition) is 4. The summed E-state index contributed by atoms with van der Waals surface area (Å²) in [7, 11) is 0. The van der Waals surface area contributed by atoms with Crippen molar-refractivity contribution in [1.29, 1.82) is 0 Å². The van der Waals surface area contributed by atoms with Gasteiger partial charge in [-0.25, -0.2) is 0 Å². The van der Waals surface area contributed by atoms with Gasteiger partial charge < -0.3 is 10.5 Å². The molecule has 0 unspecified atom stereocenters. The second-order valence-electron chi connectivity index (χ2n) is 5.00. The van der Waals surface area contributed by atoms with Crippen LogP contribution in [0.1, 0.15) is 32.6 Å². The first-order chi connectivity index (χ1) is 7.25. The van der Waals surface area contributed by atoms with Gasteiger partial charge in [0.05, 0.1) is 5.41 Å². The van der Waals surface area contributed by atoms with Gasteiger partial charge in [0.1, 0.15) is 6.61 Å². The van der Waals surface area contributed by atoms with Crippen LogP contribution in [0.5, 0.6) is 0 Å². The molecule has 1 heterocycles. The molecule has 0 bridgehead atoms. The van der Waals surface area contributed by atoms with Crippen LogP contribution in [0.25, 0.3) is 0 Å². The molecule has 3 nitrogen and oxygen atoms in total. The Morgan fingerprint density at radius 3 is 2.50 bits per heavy atom. The largest absolute Gasteiger partial charge is 0.460 e. The van der Waals surface area contributed by atoms with E-state index in [1.165, 1.54) is 0 Å². The number of rotatable bonds is 4. The Morgan fingerprint density at radius 1 is 1.44 bits per heavy atom. The number of carbonyl (C=O) groups is 1. The van der Waals surface area contributed by atoms with Gasteiger partial charge in [-0.05, 0) is 39.1 Å². The van der Waals surface area contributed by atoms with Crippen molar-refractivity contribution in [3.05, 3.63) is 22.4 Å². The van der Waals surface area contributed by atoms with E-state index < -0.39 is 11.0 Å². The van der Waals surface area contributed by atoms with E-state index in [4.69, 9.17) is 10.5 Å². The molecule has 0 aliphatic carbocycles. The van der Waals surface area contributed by atoms with Crippen molar-refractivity contribution in [2.24, 2.45) is 11.1 Å². The molecule has 90 valence electrons. The second kappa shape index (κ2) is 4.55. The van der Waals surface area contributed by atoms with Crippen molar-refractivity contribution >= 4 is 17.3 Å². The average molecular weight is 241 g/mol. The second-order valence-corrected chi connectivity index (χ2v) is 6.03. The molecule has 0 atom stereocenters. The summed E-state index contributed by atoms with van der Waals surface area (Å²) in [4.78, 5) is 12.9. The molecule has 0 aromatic carbocycles. The summed E-state index contributed by atoms with van der Waals surface area (Å²) in [5, 5.41) is 1.96. The summed E-state index contributed by atoms with van der Waals surface area (Å²) < 4.78 is 5.27. The lowest BCUT2D eigenvalue weighted by molar-refractivity contribution is -0.158. The van der Waals surface area contributed by atoms with Crippen molar-refractivity contribution in [1.82, 2.24) is 0 Å². The predicted molar refractivity (Wildman–Crippen MR) is 66.2 cm³/mol. The number of ether oxygens (including phenoxy) is 1. The molecule has 1 rings (SSSR count). The Hall–Kier alpha value is -0.870. The molecule has 0 spiro atoms. The first kappa shape index (κ1) is 13.2. The maximum absolute atomic E-state index is 11.9. The molecule has 1 aromatic rings. The Morgan fingerprint density at radius 2 is 2.06 bits per heavy atom. The van der Waals surface area contributed by atoms with Crippen LogP contribution in [0.2, 0.25) is 0 Å². The Kier molecular flexibility index (Phi) is 3.76. The lowest BCUT2D eigenvalue weighted by atomic mass is 9.75. The molecular weight excluding hydrogens is 222 g/mol. The molecule has 0 saturated carbocycles. The fourth-order valence-corrected chi connectivity index (χ4v) is 1.59. The highest BCUT2D eigenvalue weighted by atomic mass is 32.1. The number of nitrogens with two attached hydrogens (primary N) is 1. The Labute approximate surface area is 101 Å². The number of thiophene rings is 1. The average Bonchev–Trinajstić information content (AvgIpc) is 2.64. The minimum Gasteiger partial charge on any atom is -0.460 e. The van der Waals surface area contributed by atoms with Gasteiger partial charge in [-0.2, -0.15) is 0 Å². The standard InChI is InChI=1S/C12H19NO2S/c1-11(2,12(3,4)13)10(14)15-8-9-6-5-7-16-9/h5-7H,8,13H2,1-4H3. The smallest absolute Gasteiger partial charge is 0.313 e. The minimum atomic E-state index is -0.690. The Balaban J connectivity index is 2.59. The summed E-state index contributed by atoms with van der Waals surface area (Å²) in [6.07, 6.45) is 0. The van der Waals surface area contributed by atoms with Crippen molar-refractivity contribution in [3.8, 4) is 0 Å². The van der Waals surface area contributed by atoms with Gasteiger partial charge in [0, 0.05) is 10.4 Å². The van der Waals surface area contributed by atoms with Crippen LogP contribution in [-0.2, 0) is 16.1 Å². The van der Waals surface area contributed by atoms with Gasteiger partial charge in [0.2, 0.25) is 0 Å². The lowest BCUT2D eigenvalue weighted by Crippen LogP contribution is -2.52. The summed E-state index contributed by atoms with van der Waals surface area (Å²) in [6.45, 7) is 7.61. The normalized spacial score (nSPS) is 12.6. The zero-order valence-corrected chi connectivity index (χ0v) is 11.1. The fraction of sp³-hybridized carbons (Fsp3) is 0.583. The molecule has 1 aromatic heterocycles. The van der Waals surface area contributed by atoms with E-state index in [2.05, 4.69) is 0 Å². The van der Waals surface area contributed by atoms with E-state index in [0.29, 0.717) is 6.61 Å². The summed E-state index contributed by atoms with van der Waals surface area (Å²) >= 11 is 1.57. The molecule has 0 aliphatic rings. The van der Waals surface area contributed by atoms with E-state index in [-0.39, 0.29) is 5.97 Å². The van der Waals surface area contributed by atoms with Crippen LogP contribution >= 0.6 is 11.3 Å². The van der Waals surface area contributed by atoms with E-state index >= 15 is 0 Å². The lowest BCUT2D eigenvalue weighted by Gasteiger charge is -2.35. The van der Waals surface area contributed by atoms with E-state index in [0.717, 1.165) is 4.88 Å². The third-order valence-corrected chi connectivity index (χ3v) is 3.90. The molecule has 0 amide bonds. The fourth-order valence-electron chi connectivity index (χ4n) is 0.975. The summed E-state index contributed by atoms with van der Waals surface area (Å²) in [5.74, 6) is -0.256. The predicted octanol–water partition coefficient (Wildman–Crippen LogP) is 2.55. The first-order valence-corrected chi connectivity index (χ1v) is 6.11. The van der Waals surface area contributed by atoms with Crippen molar-refractivity contribution in [3.63, 3.8) is 0 Å². The van der Waals surface area contributed by atoms with E-state index in [9.17, 15) is 4.79 Å². The summed E-state index contributed by atoms with van der Waals surface area (Å²) in [5.41, 5.74) is 4.68. The number of esters is 1. The molecular formula is C12H19NO2S. The van der Waals surface area contributed by atoms with Gasteiger partial charge in [0.15, 0.2) is 0 Å². The molecule has 16 heavy (non-hydrogen) atoms. The molecule has 4 heteroatoms. The van der Waals surface area contributed by atoms with Crippen molar-refractivity contribution in [2.75, 3.05) is 0 Å². The third kappa shape index (κ3) is 2.83. The summed E-state index contributed by atoms with van der Waals surface area (Å²) in [6, 6.07) is 3.88. The molecule has 0 saturated heterocycles. The van der Waals surface area contributed by atoms with E-state index in [1.807, 2.05) is 45.2 Å². The topological polar surface area (TPSA) is 52.3 Å². The monoisotopic (exact) mass is 241 g/mol. The molecule has 0 aliphatic heterocycles.